The number of aromatic nitrogens is 1. The van der Waals surface area contributed by atoms with Crippen molar-refractivity contribution in [3.05, 3.63) is 42.1 Å². The number of hydrogen-bond acceptors (Lipinski definition) is 5. The first-order valence-electron chi connectivity index (χ1n) is 5.83. The maximum atomic E-state index is 9.70. The van der Waals surface area contributed by atoms with E-state index in [-0.39, 0.29) is 5.75 Å². The summed E-state index contributed by atoms with van der Waals surface area (Å²) < 4.78 is 10.1. The highest BCUT2D eigenvalue weighted by atomic mass is 16.5. The van der Waals surface area contributed by atoms with Gasteiger partial charge in [-0.25, -0.2) is 4.98 Å². The Morgan fingerprint density at radius 2 is 2.05 bits per heavy atom. The Kier molecular flexibility index (Phi) is 4.07. The van der Waals surface area contributed by atoms with Gasteiger partial charge in [-0.1, -0.05) is 6.07 Å². The number of phenols is 1. The average molecular weight is 260 g/mol. The summed E-state index contributed by atoms with van der Waals surface area (Å²) in [6, 6.07) is 8.99. The molecule has 0 saturated carbocycles. The van der Waals surface area contributed by atoms with Gasteiger partial charge in [-0.15, -0.1) is 0 Å². The van der Waals surface area contributed by atoms with Gasteiger partial charge >= 0.3 is 0 Å². The molecule has 0 aliphatic carbocycles. The smallest absolute Gasteiger partial charge is 0.237 e. The molecule has 0 unspecified atom stereocenters. The van der Waals surface area contributed by atoms with Crippen molar-refractivity contribution in [2.24, 2.45) is 0 Å². The van der Waals surface area contributed by atoms with Crippen molar-refractivity contribution in [2.75, 3.05) is 19.5 Å². The number of aromatic hydroxyl groups is 1. The first kappa shape index (κ1) is 13.0. The van der Waals surface area contributed by atoms with Gasteiger partial charge in [-0.3, -0.25) is 0 Å². The van der Waals surface area contributed by atoms with Crippen LogP contribution >= 0.6 is 0 Å². The fourth-order valence-electron chi connectivity index (χ4n) is 1.73. The fourth-order valence-corrected chi connectivity index (χ4v) is 1.73. The molecule has 100 valence electrons. The second-order valence-electron chi connectivity index (χ2n) is 3.92. The predicted molar refractivity (Wildman–Crippen MR) is 72.8 cm³/mol. The van der Waals surface area contributed by atoms with Crippen LogP contribution in [0.1, 0.15) is 5.56 Å². The van der Waals surface area contributed by atoms with E-state index in [0.29, 0.717) is 18.2 Å². The third-order valence-corrected chi connectivity index (χ3v) is 2.69. The minimum absolute atomic E-state index is 0.125. The Morgan fingerprint density at radius 1 is 1.21 bits per heavy atom. The zero-order valence-corrected chi connectivity index (χ0v) is 10.9. The molecule has 0 bridgehead atoms. The number of nitrogens with zero attached hydrogens (tertiary/aromatic N) is 1. The molecule has 19 heavy (non-hydrogen) atoms. The highest BCUT2D eigenvalue weighted by Crippen LogP contribution is 2.27. The van der Waals surface area contributed by atoms with Crippen LogP contribution in [0.2, 0.25) is 0 Å². The molecule has 2 rings (SSSR count). The van der Waals surface area contributed by atoms with E-state index in [9.17, 15) is 5.11 Å². The topological polar surface area (TPSA) is 63.6 Å². The summed E-state index contributed by atoms with van der Waals surface area (Å²) in [5.41, 5.74) is 1.74. The van der Waals surface area contributed by atoms with Gasteiger partial charge in [0.15, 0.2) is 11.5 Å². The van der Waals surface area contributed by atoms with Gasteiger partial charge in [-0.2, -0.15) is 0 Å². The highest BCUT2D eigenvalue weighted by molar-refractivity contribution is 5.52. The molecule has 0 fully saturated rings. The number of hydrogen-bond donors (Lipinski definition) is 2. The van der Waals surface area contributed by atoms with Crippen LogP contribution in [0.4, 0.5) is 5.69 Å². The number of nitrogens with one attached hydrogen (secondary N) is 1. The minimum Gasteiger partial charge on any atom is -0.504 e. The number of pyridine rings is 1. The van der Waals surface area contributed by atoms with Crippen molar-refractivity contribution < 1.29 is 14.6 Å². The van der Waals surface area contributed by atoms with Gasteiger partial charge in [0.2, 0.25) is 5.88 Å². The van der Waals surface area contributed by atoms with E-state index < -0.39 is 0 Å². The largest absolute Gasteiger partial charge is 0.504 e. The molecule has 0 aliphatic heterocycles. The highest BCUT2D eigenvalue weighted by Gasteiger charge is 2.05. The van der Waals surface area contributed by atoms with Crippen LogP contribution in [0.15, 0.2) is 36.5 Å². The minimum atomic E-state index is 0.125. The van der Waals surface area contributed by atoms with E-state index in [1.807, 2.05) is 18.2 Å². The fraction of sp³-hybridized carbons (Fsp3) is 0.214. The van der Waals surface area contributed by atoms with Crippen LogP contribution in [0, 0.1) is 0 Å². The second kappa shape index (κ2) is 5.95. The van der Waals surface area contributed by atoms with Crippen molar-refractivity contribution >= 4 is 5.69 Å². The van der Waals surface area contributed by atoms with E-state index in [1.54, 1.807) is 25.4 Å². The van der Waals surface area contributed by atoms with Gasteiger partial charge in [-0.05, 0) is 29.8 Å². The van der Waals surface area contributed by atoms with Gasteiger partial charge in [0.1, 0.15) is 0 Å². The third-order valence-electron chi connectivity index (χ3n) is 2.69. The molecule has 2 aromatic rings. The molecule has 0 atom stereocenters. The van der Waals surface area contributed by atoms with E-state index in [4.69, 9.17) is 9.47 Å². The quantitative estimate of drug-likeness (QED) is 0.864. The zero-order valence-electron chi connectivity index (χ0n) is 10.9. The van der Waals surface area contributed by atoms with Crippen LogP contribution in [0.25, 0.3) is 0 Å². The van der Waals surface area contributed by atoms with Crippen molar-refractivity contribution in [2.45, 2.75) is 6.54 Å². The summed E-state index contributed by atoms with van der Waals surface area (Å²) in [4.78, 5) is 4.10. The number of rotatable bonds is 5. The van der Waals surface area contributed by atoms with Crippen LogP contribution in [0.3, 0.4) is 0 Å². The van der Waals surface area contributed by atoms with Gasteiger partial charge in [0.25, 0.3) is 0 Å². The molecule has 2 N–H and O–H groups in total. The lowest BCUT2D eigenvalue weighted by Gasteiger charge is -2.10. The summed E-state index contributed by atoms with van der Waals surface area (Å²) in [6.45, 7) is 0.555. The molecule has 0 spiro atoms. The monoisotopic (exact) mass is 260 g/mol. The molecular formula is C14H16N2O3. The van der Waals surface area contributed by atoms with Crippen LogP contribution in [-0.2, 0) is 6.54 Å². The predicted octanol–water partition coefficient (Wildman–Crippen LogP) is 2.42. The summed E-state index contributed by atoms with van der Waals surface area (Å²) in [6.07, 6.45) is 1.67. The number of phenolic OH excluding ortho intramolecular Hbond substituents is 1. The molecule has 1 aromatic heterocycles. The molecular weight excluding hydrogens is 244 g/mol. The van der Waals surface area contributed by atoms with E-state index in [0.717, 1.165) is 11.3 Å². The Morgan fingerprint density at radius 3 is 2.74 bits per heavy atom. The van der Waals surface area contributed by atoms with Crippen LogP contribution in [-0.4, -0.2) is 24.3 Å². The lowest BCUT2D eigenvalue weighted by Crippen LogP contribution is -2.02. The maximum Gasteiger partial charge on any atom is 0.237 e. The van der Waals surface area contributed by atoms with Gasteiger partial charge in [0, 0.05) is 12.7 Å². The lowest BCUT2D eigenvalue weighted by molar-refractivity contribution is 0.373. The average Bonchev–Trinajstić information content (AvgIpc) is 2.45. The number of ether oxygens (including phenoxy) is 2. The molecule has 0 saturated heterocycles. The van der Waals surface area contributed by atoms with Crippen LogP contribution < -0.4 is 14.8 Å². The summed E-state index contributed by atoms with van der Waals surface area (Å²) in [5, 5.41) is 12.9. The van der Waals surface area contributed by atoms with E-state index in [1.165, 1.54) is 7.11 Å². The molecule has 5 heteroatoms. The van der Waals surface area contributed by atoms with Crippen molar-refractivity contribution in [1.29, 1.82) is 0 Å². The Labute approximate surface area is 111 Å². The molecule has 1 heterocycles. The molecule has 0 radical (unpaired) electrons. The number of benzene rings is 1. The zero-order chi connectivity index (χ0) is 13.7. The first-order chi connectivity index (χ1) is 9.24. The summed E-state index contributed by atoms with van der Waals surface area (Å²) >= 11 is 0. The third kappa shape index (κ3) is 3.07. The van der Waals surface area contributed by atoms with E-state index in [2.05, 4.69) is 10.3 Å². The molecule has 1 aromatic carbocycles. The molecule has 0 amide bonds. The van der Waals surface area contributed by atoms with Crippen molar-refractivity contribution in [3.8, 4) is 17.4 Å². The number of methoxy groups -OCH3 is 2. The normalized spacial score (nSPS) is 10.0. The maximum absolute atomic E-state index is 9.70. The SMILES string of the molecule is COc1ccc(CNc2cccnc2OC)cc1O. The summed E-state index contributed by atoms with van der Waals surface area (Å²) in [5.74, 6) is 1.13. The van der Waals surface area contributed by atoms with Crippen LogP contribution in [0.5, 0.6) is 17.4 Å². The first-order valence-corrected chi connectivity index (χ1v) is 5.83. The van der Waals surface area contributed by atoms with Gasteiger partial charge in [0.05, 0.1) is 19.9 Å². The molecule has 5 nitrogen and oxygen atoms in total. The van der Waals surface area contributed by atoms with Crippen molar-refractivity contribution in [3.63, 3.8) is 0 Å². The number of anilines is 1. The van der Waals surface area contributed by atoms with Crippen molar-refractivity contribution in [1.82, 2.24) is 4.98 Å². The second-order valence-corrected chi connectivity index (χ2v) is 3.92. The van der Waals surface area contributed by atoms with Gasteiger partial charge < -0.3 is 19.9 Å². The Bertz CT molecular complexity index is 558. The Hall–Kier alpha value is -2.43. The standard InChI is InChI=1S/C14H16N2O3/c1-18-13-6-5-10(8-12(13)17)9-16-11-4-3-7-15-14(11)19-2/h3-8,16-17H,9H2,1-2H3. The molecule has 0 aliphatic rings. The Balaban J connectivity index is 2.08. The van der Waals surface area contributed by atoms with E-state index >= 15 is 0 Å². The lowest BCUT2D eigenvalue weighted by atomic mass is 10.2. The summed E-state index contributed by atoms with van der Waals surface area (Å²) in [7, 11) is 3.10.